The SMILES string of the molecule is C1C[C@H]2C[C@H]2/C1=N\OCC1CC1. The molecule has 0 aromatic carbocycles. The molecule has 0 amide bonds. The Morgan fingerprint density at radius 2 is 2.25 bits per heavy atom. The molecule has 3 saturated carbocycles. The lowest BCUT2D eigenvalue weighted by atomic mass is 10.2. The fourth-order valence-corrected chi connectivity index (χ4v) is 2.12. The Bertz CT molecular complexity index is 220. The van der Waals surface area contributed by atoms with E-state index in [2.05, 4.69) is 5.16 Å². The molecule has 0 N–H and O–H groups in total. The van der Waals surface area contributed by atoms with Crippen LogP contribution in [0.5, 0.6) is 0 Å². The Labute approximate surface area is 73.0 Å². The summed E-state index contributed by atoms with van der Waals surface area (Å²) in [5, 5.41) is 4.24. The minimum Gasteiger partial charge on any atom is -0.396 e. The second-order valence-corrected chi connectivity index (χ2v) is 4.46. The molecule has 0 spiro atoms. The number of hydrogen-bond donors (Lipinski definition) is 0. The van der Waals surface area contributed by atoms with E-state index in [9.17, 15) is 0 Å². The number of fused-ring (bicyclic) bond motifs is 1. The summed E-state index contributed by atoms with van der Waals surface area (Å²) >= 11 is 0. The molecule has 2 atom stereocenters. The molecular weight excluding hydrogens is 150 g/mol. The number of nitrogens with zero attached hydrogens (tertiary/aromatic N) is 1. The molecule has 0 aliphatic heterocycles. The third-order valence-electron chi connectivity index (χ3n) is 3.31. The maximum absolute atomic E-state index is 5.33. The molecule has 0 radical (unpaired) electrons. The van der Waals surface area contributed by atoms with Crippen LogP contribution in [0.25, 0.3) is 0 Å². The van der Waals surface area contributed by atoms with Gasteiger partial charge in [0.25, 0.3) is 0 Å². The summed E-state index contributed by atoms with van der Waals surface area (Å²) in [5.41, 5.74) is 1.36. The molecule has 3 aliphatic carbocycles. The molecule has 0 aromatic heterocycles. The zero-order chi connectivity index (χ0) is 7.97. The highest BCUT2D eigenvalue weighted by Crippen LogP contribution is 2.49. The van der Waals surface area contributed by atoms with Gasteiger partial charge in [0.05, 0.1) is 5.71 Å². The van der Waals surface area contributed by atoms with Crippen LogP contribution in [-0.2, 0) is 4.84 Å². The van der Waals surface area contributed by atoms with Gasteiger partial charge in [-0.15, -0.1) is 0 Å². The molecule has 2 nitrogen and oxygen atoms in total. The third-order valence-corrected chi connectivity index (χ3v) is 3.31. The van der Waals surface area contributed by atoms with Gasteiger partial charge in [0.2, 0.25) is 0 Å². The standard InChI is InChI=1S/C10H15NO/c1-2-7(1)6-12-11-10-4-3-8-5-9(8)10/h7-9H,1-6H2/b11-10-/t8-,9+/m0/s1. The summed E-state index contributed by atoms with van der Waals surface area (Å²) in [6.07, 6.45) is 6.69. The van der Waals surface area contributed by atoms with E-state index in [-0.39, 0.29) is 0 Å². The average molecular weight is 165 g/mol. The molecule has 0 saturated heterocycles. The van der Waals surface area contributed by atoms with E-state index >= 15 is 0 Å². The maximum Gasteiger partial charge on any atom is 0.120 e. The minimum atomic E-state index is 0.837. The van der Waals surface area contributed by atoms with Crippen LogP contribution >= 0.6 is 0 Å². The van der Waals surface area contributed by atoms with Crippen LogP contribution in [0.15, 0.2) is 5.16 Å². The van der Waals surface area contributed by atoms with Gasteiger partial charge >= 0.3 is 0 Å². The van der Waals surface area contributed by atoms with Crippen molar-refractivity contribution in [3.8, 4) is 0 Å². The monoisotopic (exact) mass is 165 g/mol. The fourth-order valence-electron chi connectivity index (χ4n) is 2.12. The molecule has 3 rings (SSSR count). The molecule has 12 heavy (non-hydrogen) atoms. The van der Waals surface area contributed by atoms with Crippen molar-refractivity contribution < 1.29 is 4.84 Å². The highest BCUT2D eigenvalue weighted by Gasteiger charge is 2.46. The summed E-state index contributed by atoms with van der Waals surface area (Å²) in [5.74, 6) is 2.67. The first-order valence-corrected chi connectivity index (χ1v) is 5.12. The van der Waals surface area contributed by atoms with Crippen molar-refractivity contribution in [3.05, 3.63) is 0 Å². The van der Waals surface area contributed by atoms with Crippen molar-refractivity contribution in [2.75, 3.05) is 6.61 Å². The summed E-state index contributed by atoms with van der Waals surface area (Å²) in [4.78, 5) is 5.33. The second-order valence-electron chi connectivity index (χ2n) is 4.46. The summed E-state index contributed by atoms with van der Waals surface area (Å²) in [7, 11) is 0. The molecule has 3 aliphatic rings. The van der Waals surface area contributed by atoms with E-state index in [1.54, 1.807) is 0 Å². The van der Waals surface area contributed by atoms with Crippen LogP contribution in [0.4, 0.5) is 0 Å². The Morgan fingerprint density at radius 3 is 2.83 bits per heavy atom. The van der Waals surface area contributed by atoms with Crippen LogP contribution < -0.4 is 0 Å². The second kappa shape index (κ2) is 2.48. The Kier molecular flexibility index (Phi) is 1.43. The Morgan fingerprint density at radius 1 is 1.33 bits per heavy atom. The first-order chi connectivity index (χ1) is 5.93. The van der Waals surface area contributed by atoms with Gasteiger partial charge < -0.3 is 4.84 Å². The highest BCUT2D eigenvalue weighted by molar-refractivity contribution is 5.91. The smallest absolute Gasteiger partial charge is 0.120 e. The zero-order valence-corrected chi connectivity index (χ0v) is 7.33. The number of hydrogen-bond acceptors (Lipinski definition) is 2. The van der Waals surface area contributed by atoms with Gasteiger partial charge in [0.15, 0.2) is 0 Å². The third kappa shape index (κ3) is 1.23. The zero-order valence-electron chi connectivity index (χ0n) is 7.33. The molecule has 66 valence electrons. The molecular formula is C10H15NO. The fraction of sp³-hybridized carbons (Fsp3) is 0.900. The highest BCUT2D eigenvalue weighted by atomic mass is 16.6. The lowest BCUT2D eigenvalue weighted by Crippen LogP contribution is -1.99. The molecule has 0 bridgehead atoms. The van der Waals surface area contributed by atoms with Crippen molar-refractivity contribution in [2.45, 2.75) is 32.1 Å². The van der Waals surface area contributed by atoms with E-state index < -0.39 is 0 Å². The van der Waals surface area contributed by atoms with E-state index in [1.165, 1.54) is 37.8 Å². The van der Waals surface area contributed by atoms with Crippen molar-refractivity contribution in [1.82, 2.24) is 0 Å². The van der Waals surface area contributed by atoms with Crippen molar-refractivity contribution in [2.24, 2.45) is 22.9 Å². The van der Waals surface area contributed by atoms with Crippen LogP contribution in [-0.4, -0.2) is 12.3 Å². The Balaban J connectivity index is 1.50. The predicted octanol–water partition coefficient (Wildman–Crippen LogP) is 2.20. The minimum absolute atomic E-state index is 0.837. The quantitative estimate of drug-likeness (QED) is 0.587. The molecule has 0 heterocycles. The van der Waals surface area contributed by atoms with E-state index in [1.807, 2.05) is 0 Å². The van der Waals surface area contributed by atoms with Crippen LogP contribution in [0.1, 0.15) is 32.1 Å². The van der Waals surface area contributed by atoms with Gasteiger partial charge in [-0.3, -0.25) is 0 Å². The lowest BCUT2D eigenvalue weighted by molar-refractivity contribution is 0.132. The molecule has 0 aromatic rings. The van der Waals surface area contributed by atoms with E-state index in [0.717, 1.165) is 24.4 Å². The topological polar surface area (TPSA) is 21.6 Å². The van der Waals surface area contributed by atoms with Crippen molar-refractivity contribution in [3.63, 3.8) is 0 Å². The summed E-state index contributed by atoms with van der Waals surface area (Å²) in [6.45, 7) is 0.876. The van der Waals surface area contributed by atoms with Crippen LogP contribution in [0, 0.1) is 17.8 Å². The molecule has 3 fully saturated rings. The normalized spacial score (nSPS) is 41.5. The largest absolute Gasteiger partial charge is 0.396 e. The summed E-state index contributed by atoms with van der Waals surface area (Å²) in [6, 6.07) is 0. The summed E-state index contributed by atoms with van der Waals surface area (Å²) < 4.78 is 0. The first kappa shape index (κ1) is 6.93. The molecule has 2 heteroatoms. The van der Waals surface area contributed by atoms with Gasteiger partial charge in [-0.05, 0) is 43.9 Å². The van der Waals surface area contributed by atoms with Gasteiger partial charge in [0, 0.05) is 5.92 Å². The van der Waals surface area contributed by atoms with Gasteiger partial charge in [-0.1, -0.05) is 5.16 Å². The average Bonchev–Trinajstić information content (AvgIpc) is 2.93. The van der Waals surface area contributed by atoms with Gasteiger partial charge in [0.1, 0.15) is 6.61 Å². The van der Waals surface area contributed by atoms with E-state index in [4.69, 9.17) is 4.84 Å². The van der Waals surface area contributed by atoms with Gasteiger partial charge in [-0.2, -0.15) is 0 Å². The van der Waals surface area contributed by atoms with Crippen LogP contribution in [0.2, 0.25) is 0 Å². The molecule has 0 unspecified atom stereocenters. The number of rotatable bonds is 3. The maximum atomic E-state index is 5.33. The van der Waals surface area contributed by atoms with Crippen LogP contribution in [0.3, 0.4) is 0 Å². The first-order valence-electron chi connectivity index (χ1n) is 5.12. The van der Waals surface area contributed by atoms with Crippen molar-refractivity contribution >= 4 is 5.71 Å². The lowest BCUT2D eigenvalue weighted by Gasteiger charge is -1.99. The Hall–Kier alpha value is -0.530. The van der Waals surface area contributed by atoms with E-state index in [0.29, 0.717) is 0 Å². The predicted molar refractivity (Wildman–Crippen MR) is 46.9 cm³/mol. The number of oxime groups is 1. The van der Waals surface area contributed by atoms with Gasteiger partial charge in [-0.25, -0.2) is 0 Å². The van der Waals surface area contributed by atoms with Crippen molar-refractivity contribution in [1.29, 1.82) is 0 Å².